The molecule has 1 aliphatic heterocycles. The zero-order valence-electron chi connectivity index (χ0n) is 19.3. The minimum atomic E-state index is -4.77. The molecular formula is C24H29F4N3O3. The van der Waals surface area contributed by atoms with Crippen LogP contribution < -0.4 is 20.7 Å². The van der Waals surface area contributed by atoms with Gasteiger partial charge in [0.15, 0.2) is 0 Å². The van der Waals surface area contributed by atoms with Gasteiger partial charge in [0.1, 0.15) is 28.5 Å². The SMILES string of the molecule is CC(C)(C)OC(=O)NC[C@@H]1CCCN(c2c(N)ccc(Oc3cccc(F)c3)c2C(F)(F)F)C1. The van der Waals surface area contributed by atoms with Gasteiger partial charge in [0.2, 0.25) is 0 Å². The van der Waals surface area contributed by atoms with Gasteiger partial charge in [-0.25, -0.2) is 9.18 Å². The minimum absolute atomic E-state index is 0.0420. The lowest BCUT2D eigenvalue weighted by Gasteiger charge is -2.37. The van der Waals surface area contributed by atoms with E-state index in [2.05, 4.69) is 5.32 Å². The lowest BCUT2D eigenvalue weighted by atomic mass is 9.96. The molecule has 0 aliphatic carbocycles. The predicted molar refractivity (Wildman–Crippen MR) is 122 cm³/mol. The molecule has 1 atom stereocenters. The maximum Gasteiger partial charge on any atom is 0.422 e. The second-order valence-corrected chi connectivity index (χ2v) is 9.27. The van der Waals surface area contributed by atoms with Gasteiger partial charge in [-0.15, -0.1) is 0 Å². The second-order valence-electron chi connectivity index (χ2n) is 9.27. The molecule has 0 spiro atoms. The van der Waals surface area contributed by atoms with Gasteiger partial charge in [-0.1, -0.05) is 6.07 Å². The Morgan fingerprint density at radius 3 is 2.59 bits per heavy atom. The average Bonchev–Trinajstić information content (AvgIpc) is 2.71. The number of carbonyl (C=O) groups is 1. The first-order valence-corrected chi connectivity index (χ1v) is 11.0. The first kappa shape index (κ1) is 25.5. The van der Waals surface area contributed by atoms with Gasteiger partial charge in [0.05, 0.1) is 11.4 Å². The molecule has 2 aromatic rings. The van der Waals surface area contributed by atoms with Crippen LogP contribution >= 0.6 is 0 Å². The number of alkyl carbamates (subject to hydrolysis) is 1. The van der Waals surface area contributed by atoms with Gasteiger partial charge in [0, 0.05) is 25.7 Å². The van der Waals surface area contributed by atoms with E-state index < -0.39 is 35.0 Å². The Morgan fingerprint density at radius 2 is 1.94 bits per heavy atom. The van der Waals surface area contributed by atoms with Gasteiger partial charge >= 0.3 is 12.3 Å². The van der Waals surface area contributed by atoms with Crippen molar-refractivity contribution >= 4 is 17.5 Å². The van der Waals surface area contributed by atoms with Crippen LogP contribution in [-0.2, 0) is 10.9 Å². The van der Waals surface area contributed by atoms with Crippen molar-refractivity contribution in [2.24, 2.45) is 5.92 Å². The van der Waals surface area contributed by atoms with Crippen LogP contribution in [0.1, 0.15) is 39.2 Å². The fraction of sp³-hybridized carbons (Fsp3) is 0.458. The van der Waals surface area contributed by atoms with Crippen molar-refractivity contribution in [2.75, 3.05) is 30.3 Å². The number of rotatable bonds is 5. The quantitative estimate of drug-likeness (QED) is 0.405. The highest BCUT2D eigenvalue weighted by atomic mass is 19.4. The number of alkyl halides is 3. The molecule has 0 radical (unpaired) electrons. The van der Waals surface area contributed by atoms with Crippen molar-refractivity contribution < 1.29 is 31.8 Å². The zero-order valence-corrected chi connectivity index (χ0v) is 19.3. The number of carbonyl (C=O) groups excluding carboxylic acids is 1. The van der Waals surface area contributed by atoms with Gasteiger partial charge < -0.3 is 25.4 Å². The van der Waals surface area contributed by atoms with Crippen LogP contribution in [0.25, 0.3) is 0 Å². The van der Waals surface area contributed by atoms with Crippen LogP contribution in [0.4, 0.5) is 33.7 Å². The highest BCUT2D eigenvalue weighted by Crippen LogP contribution is 2.47. The topological polar surface area (TPSA) is 76.8 Å². The van der Waals surface area contributed by atoms with E-state index in [1.54, 1.807) is 25.7 Å². The molecule has 0 bridgehead atoms. The third-order valence-corrected chi connectivity index (χ3v) is 5.25. The summed E-state index contributed by atoms with van der Waals surface area (Å²) in [5.74, 6) is -1.25. The summed E-state index contributed by atoms with van der Waals surface area (Å²) in [6.45, 7) is 6.11. The molecule has 1 fully saturated rings. The van der Waals surface area contributed by atoms with Crippen molar-refractivity contribution in [2.45, 2.75) is 45.4 Å². The smallest absolute Gasteiger partial charge is 0.422 e. The van der Waals surface area contributed by atoms with Crippen molar-refractivity contribution in [3.63, 3.8) is 0 Å². The maximum absolute atomic E-state index is 14.2. The maximum atomic E-state index is 14.2. The fourth-order valence-corrected chi connectivity index (χ4v) is 3.92. The van der Waals surface area contributed by atoms with Crippen molar-refractivity contribution in [3.05, 3.63) is 47.8 Å². The number of nitrogen functional groups attached to an aromatic ring is 1. The Bertz CT molecular complexity index is 1020. The van der Waals surface area contributed by atoms with Crippen LogP contribution in [0, 0.1) is 11.7 Å². The van der Waals surface area contributed by atoms with Gasteiger partial charge in [-0.3, -0.25) is 0 Å². The normalized spacial score (nSPS) is 16.8. The number of hydrogen-bond donors (Lipinski definition) is 2. The first-order valence-electron chi connectivity index (χ1n) is 11.0. The number of nitrogens with zero attached hydrogens (tertiary/aromatic N) is 1. The molecule has 6 nitrogen and oxygen atoms in total. The number of hydrogen-bond acceptors (Lipinski definition) is 5. The summed E-state index contributed by atoms with van der Waals surface area (Å²) in [5, 5.41) is 2.69. The Kier molecular flexibility index (Phi) is 7.48. The highest BCUT2D eigenvalue weighted by molar-refractivity contribution is 5.76. The van der Waals surface area contributed by atoms with Gasteiger partial charge in [-0.2, -0.15) is 13.2 Å². The van der Waals surface area contributed by atoms with E-state index >= 15 is 0 Å². The predicted octanol–water partition coefficient (Wildman–Crippen LogP) is 5.96. The number of piperidine rings is 1. The molecule has 1 aliphatic rings. The Hall–Kier alpha value is -3.17. The minimum Gasteiger partial charge on any atom is -0.457 e. The summed E-state index contributed by atoms with van der Waals surface area (Å²) in [7, 11) is 0. The fourth-order valence-electron chi connectivity index (χ4n) is 3.92. The van der Waals surface area contributed by atoms with Gasteiger partial charge in [0.25, 0.3) is 0 Å². The van der Waals surface area contributed by atoms with Crippen LogP contribution in [0.2, 0.25) is 0 Å². The molecule has 10 heteroatoms. The summed E-state index contributed by atoms with van der Waals surface area (Å²) in [6, 6.07) is 7.39. The van der Waals surface area contributed by atoms with E-state index in [0.717, 1.165) is 18.6 Å². The lowest BCUT2D eigenvalue weighted by molar-refractivity contribution is -0.138. The largest absolute Gasteiger partial charge is 0.457 e. The van der Waals surface area contributed by atoms with E-state index in [4.69, 9.17) is 15.2 Å². The highest BCUT2D eigenvalue weighted by Gasteiger charge is 2.41. The van der Waals surface area contributed by atoms with E-state index in [0.29, 0.717) is 13.0 Å². The number of anilines is 2. The Morgan fingerprint density at radius 1 is 1.21 bits per heavy atom. The molecular weight excluding hydrogens is 454 g/mol. The molecule has 0 aromatic heterocycles. The number of nitrogens with one attached hydrogen (secondary N) is 1. The first-order chi connectivity index (χ1) is 15.8. The van der Waals surface area contributed by atoms with E-state index in [-0.39, 0.29) is 36.1 Å². The summed E-state index contributed by atoms with van der Waals surface area (Å²) < 4.78 is 66.9. The Balaban J connectivity index is 1.85. The van der Waals surface area contributed by atoms with Gasteiger partial charge in [-0.05, 0) is 63.8 Å². The second kappa shape index (κ2) is 9.99. The third kappa shape index (κ3) is 6.68. The molecule has 0 unspecified atom stereocenters. The standard InChI is InChI=1S/C24H29F4N3O3/c1-23(2,3)34-22(32)30-13-15-6-5-11-31(14-15)21-18(29)9-10-19(20(21)24(26,27)28)33-17-8-4-7-16(25)12-17/h4,7-10,12,15H,5-6,11,13-14,29H2,1-3H3,(H,30,32)/t15-/m0/s1. The molecule has 3 rings (SSSR count). The summed E-state index contributed by atoms with van der Waals surface area (Å²) >= 11 is 0. The summed E-state index contributed by atoms with van der Waals surface area (Å²) in [6.07, 6.45) is -4.00. The third-order valence-electron chi connectivity index (χ3n) is 5.25. The number of nitrogens with two attached hydrogens (primary N) is 1. The van der Waals surface area contributed by atoms with Crippen LogP contribution in [0.5, 0.6) is 11.5 Å². The van der Waals surface area contributed by atoms with E-state index in [1.165, 1.54) is 24.3 Å². The lowest BCUT2D eigenvalue weighted by Crippen LogP contribution is -2.43. The van der Waals surface area contributed by atoms with Crippen LogP contribution in [-0.4, -0.2) is 31.3 Å². The van der Waals surface area contributed by atoms with E-state index in [1.807, 2.05) is 0 Å². The molecule has 186 valence electrons. The van der Waals surface area contributed by atoms with Crippen molar-refractivity contribution in [1.82, 2.24) is 5.32 Å². The van der Waals surface area contributed by atoms with E-state index in [9.17, 15) is 22.4 Å². The van der Waals surface area contributed by atoms with Crippen molar-refractivity contribution in [1.29, 1.82) is 0 Å². The van der Waals surface area contributed by atoms with Crippen LogP contribution in [0.3, 0.4) is 0 Å². The number of halogens is 4. The molecule has 34 heavy (non-hydrogen) atoms. The summed E-state index contributed by atoms with van der Waals surface area (Å²) in [5.41, 5.74) is 4.14. The van der Waals surface area contributed by atoms with Crippen molar-refractivity contribution in [3.8, 4) is 11.5 Å². The molecule has 1 heterocycles. The average molecular weight is 484 g/mol. The molecule has 3 N–H and O–H groups in total. The summed E-state index contributed by atoms with van der Waals surface area (Å²) in [4.78, 5) is 13.5. The van der Waals surface area contributed by atoms with Crippen LogP contribution in [0.15, 0.2) is 36.4 Å². The monoisotopic (exact) mass is 483 g/mol. The number of amides is 1. The molecule has 2 aromatic carbocycles. The Labute approximate surface area is 196 Å². The molecule has 1 saturated heterocycles. The number of ether oxygens (including phenoxy) is 2. The number of benzene rings is 2. The molecule has 0 saturated carbocycles. The zero-order chi connectivity index (χ0) is 25.1. The molecule has 1 amide bonds.